The van der Waals surface area contributed by atoms with Gasteiger partial charge in [-0.25, -0.2) is 0 Å². The van der Waals surface area contributed by atoms with Crippen molar-refractivity contribution in [1.82, 2.24) is 0 Å². The van der Waals surface area contributed by atoms with Gasteiger partial charge in [0.25, 0.3) is 0 Å². The molecule has 0 aliphatic carbocycles. The van der Waals surface area contributed by atoms with Crippen LogP contribution in [0.15, 0.2) is 0 Å². The molecule has 0 saturated heterocycles. The van der Waals surface area contributed by atoms with E-state index in [9.17, 15) is 14.4 Å². The molecule has 20 heavy (non-hydrogen) atoms. The van der Waals surface area contributed by atoms with Gasteiger partial charge in [-0.05, 0) is 33.6 Å². The van der Waals surface area contributed by atoms with Crippen LogP contribution in [0.1, 0.15) is 53.9 Å². The van der Waals surface area contributed by atoms with E-state index >= 15 is 0 Å². The Morgan fingerprint density at radius 1 is 0.950 bits per heavy atom. The van der Waals surface area contributed by atoms with Crippen molar-refractivity contribution in [1.29, 1.82) is 0 Å². The molecule has 8 heteroatoms. The van der Waals surface area contributed by atoms with E-state index in [0.29, 0.717) is 32.7 Å². The number of hydrogen-bond donors (Lipinski definition) is 2. The lowest BCUT2D eigenvalue weighted by molar-refractivity contribution is 0.0504. The Bertz CT molecular complexity index is 304. The molecule has 2 N–H and O–H groups in total. The second-order valence-electron chi connectivity index (χ2n) is 4.53. The average Bonchev–Trinajstić information content (AvgIpc) is 2.35. The topological polar surface area (TPSA) is 85.2 Å². The summed E-state index contributed by atoms with van der Waals surface area (Å²) in [6, 6.07) is 0. The molecule has 1 unspecified atom stereocenters. The van der Waals surface area contributed by atoms with Crippen LogP contribution in [0.5, 0.6) is 0 Å². The second kappa shape index (κ2) is 8.63. The van der Waals surface area contributed by atoms with Gasteiger partial charge in [0.1, 0.15) is 4.78 Å². The fourth-order valence-corrected chi connectivity index (χ4v) is 8.71. The summed E-state index contributed by atoms with van der Waals surface area (Å²) in [5, 5.41) is 0. The zero-order chi connectivity index (χ0) is 15.9. The van der Waals surface area contributed by atoms with Crippen LogP contribution >= 0.6 is 7.60 Å². The molecule has 0 aromatic heterocycles. The van der Waals surface area contributed by atoms with Gasteiger partial charge < -0.3 is 23.1 Å². The van der Waals surface area contributed by atoms with E-state index < -0.39 is 21.2 Å². The molecule has 0 radical (unpaired) electrons. The Balaban J connectivity index is 6.00. The highest BCUT2D eigenvalue weighted by atomic mass is 31.2. The van der Waals surface area contributed by atoms with Gasteiger partial charge in [-0.3, -0.25) is 4.57 Å². The molecule has 0 aromatic rings. The summed E-state index contributed by atoms with van der Waals surface area (Å²) < 4.78 is 28.1. The molecule has 0 bridgehead atoms. The predicted molar refractivity (Wildman–Crippen MR) is 80.6 cm³/mol. The lowest BCUT2D eigenvalue weighted by atomic mass is 10.2. The van der Waals surface area contributed by atoms with Gasteiger partial charge in [-0.1, -0.05) is 20.3 Å². The van der Waals surface area contributed by atoms with E-state index in [-0.39, 0.29) is 6.42 Å². The summed E-state index contributed by atoms with van der Waals surface area (Å²) in [5.74, 6) is 0. The molecule has 1 atom stereocenters. The van der Waals surface area contributed by atoms with Crippen LogP contribution in [0.25, 0.3) is 0 Å². The zero-order valence-electron chi connectivity index (χ0n) is 13.2. The first-order valence-corrected chi connectivity index (χ1v) is 10.6. The summed E-state index contributed by atoms with van der Waals surface area (Å²) in [5.41, 5.74) is 0. The lowest BCUT2D eigenvalue weighted by Gasteiger charge is -2.44. The molecule has 0 aliphatic heterocycles. The van der Waals surface area contributed by atoms with Crippen molar-refractivity contribution in [2.24, 2.45) is 0 Å². The van der Waals surface area contributed by atoms with Crippen LogP contribution in [0.2, 0.25) is 0 Å². The van der Waals surface area contributed by atoms with Gasteiger partial charge in [-0.2, -0.15) is 0 Å². The van der Waals surface area contributed by atoms with Gasteiger partial charge >= 0.3 is 16.4 Å². The van der Waals surface area contributed by atoms with E-state index in [1.807, 2.05) is 6.92 Å². The standard InChI is InChI=1S/C12H29O6PSi/c1-6-11-12(7-2,19(13,14)15)20(16-8-3,17-9-4)18-10-5/h6-11H2,1-5H3,(H2,13,14,15). The summed E-state index contributed by atoms with van der Waals surface area (Å²) in [4.78, 5) is 20.0. The summed E-state index contributed by atoms with van der Waals surface area (Å²) in [6.07, 6.45) is 1.21. The molecule has 0 aliphatic rings. The molecule has 0 amide bonds. The normalized spacial score (nSPS) is 16.1. The predicted octanol–water partition coefficient (Wildman–Crippen LogP) is 2.70. The smallest absolute Gasteiger partial charge is 0.373 e. The van der Waals surface area contributed by atoms with Crippen molar-refractivity contribution in [3.05, 3.63) is 0 Å². The van der Waals surface area contributed by atoms with E-state index in [1.54, 1.807) is 27.7 Å². The monoisotopic (exact) mass is 328 g/mol. The third-order valence-corrected chi connectivity index (χ3v) is 10.5. The molecule has 0 fully saturated rings. The number of hydrogen-bond acceptors (Lipinski definition) is 4. The third-order valence-electron chi connectivity index (χ3n) is 3.38. The van der Waals surface area contributed by atoms with Gasteiger partial charge in [0, 0.05) is 19.8 Å². The Morgan fingerprint density at radius 3 is 1.55 bits per heavy atom. The Kier molecular flexibility index (Phi) is 8.74. The van der Waals surface area contributed by atoms with Gasteiger partial charge in [0.05, 0.1) is 0 Å². The highest BCUT2D eigenvalue weighted by Crippen LogP contribution is 2.60. The third kappa shape index (κ3) is 3.91. The van der Waals surface area contributed by atoms with Crippen LogP contribution in [0, 0.1) is 0 Å². The zero-order valence-corrected chi connectivity index (χ0v) is 15.1. The van der Waals surface area contributed by atoms with Crippen molar-refractivity contribution in [3.8, 4) is 0 Å². The fourth-order valence-electron chi connectivity index (χ4n) is 2.59. The first-order valence-electron chi connectivity index (χ1n) is 7.28. The van der Waals surface area contributed by atoms with Crippen LogP contribution in [0.3, 0.4) is 0 Å². The molecule has 122 valence electrons. The second-order valence-corrected chi connectivity index (χ2v) is 9.83. The van der Waals surface area contributed by atoms with E-state index in [2.05, 4.69) is 0 Å². The molecule has 0 spiro atoms. The molecule has 0 heterocycles. The maximum atomic E-state index is 12.2. The van der Waals surface area contributed by atoms with Crippen molar-refractivity contribution in [2.75, 3.05) is 19.8 Å². The highest BCUT2D eigenvalue weighted by molar-refractivity contribution is 7.56. The Morgan fingerprint density at radius 2 is 1.35 bits per heavy atom. The maximum absolute atomic E-state index is 12.2. The van der Waals surface area contributed by atoms with Crippen molar-refractivity contribution in [3.63, 3.8) is 0 Å². The minimum absolute atomic E-state index is 0.261. The first-order chi connectivity index (χ1) is 9.30. The molecule has 0 saturated carbocycles. The Hall–Kier alpha value is 0.247. The molecule has 6 nitrogen and oxygen atoms in total. The van der Waals surface area contributed by atoms with Crippen molar-refractivity contribution >= 4 is 16.4 Å². The number of rotatable bonds is 11. The van der Waals surface area contributed by atoms with Crippen LogP contribution in [-0.4, -0.2) is 43.2 Å². The van der Waals surface area contributed by atoms with E-state index in [1.165, 1.54) is 0 Å². The minimum atomic E-state index is -4.45. The van der Waals surface area contributed by atoms with Crippen LogP contribution in [0.4, 0.5) is 0 Å². The van der Waals surface area contributed by atoms with Gasteiger partial charge in [-0.15, -0.1) is 0 Å². The van der Waals surface area contributed by atoms with E-state index in [4.69, 9.17) is 13.3 Å². The van der Waals surface area contributed by atoms with Crippen LogP contribution < -0.4 is 0 Å². The van der Waals surface area contributed by atoms with Gasteiger partial charge in [0.15, 0.2) is 0 Å². The maximum Gasteiger partial charge on any atom is 0.520 e. The highest BCUT2D eigenvalue weighted by Gasteiger charge is 2.68. The van der Waals surface area contributed by atoms with Crippen LogP contribution in [-0.2, 0) is 17.8 Å². The largest absolute Gasteiger partial charge is 0.520 e. The summed E-state index contributed by atoms with van der Waals surface area (Å²) >= 11 is 0. The van der Waals surface area contributed by atoms with Gasteiger partial charge in [0.2, 0.25) is 0 Å². The van der Waals surface area contributed by atoms with Crippen molar-refractivity contribution in [2.45, 2.75) is 58.7 Å². The van der Waals surface area contributed by atoms with Crippen molar-refractivity contribution < 1.29 is 27.6 Å². The average molecular weight is 328 g/mol. The Labute approximate surface area is 123 Å². The quantitative estimate of drug-likeness (QED) is 0.448. The lowest BCUT2D eigenvalue weighted by Crippen LogP contribution is -2.64. The minimum Gasteiger partial charge on any atom is -0.373 e. The molecular weight excluding hydrogens is 299 g/mol. The van der Waals surface area contributed by atoms with E-state index in [0.717, 1.165) is 0 Å². The summed E-state index contributed by atoms with van der Waals surface area (Å²) in [6.45, 7) is 9.91. The molecular formula is C12H29O6PSi. The summed E-state index contributed by atoms with van der Waals surface area (Å²) in [7, 11) is -7.94. The first kappa shape index (κ1) is 20.2. The molecule has 0 aromatic carbocycles. The molecule has 0 rings (SSSR count). The SMILES string of the molecule is CCCC(CC)([Si](OCC)(OCC)OCC)P(=O)(O)O. The fraction of sp³-hybridized carbons (Fsp3) is 1.00.